The molecule has 0 spiro atoms. The minimum Gasteiger partial charge on any atom is -0.454 e. The summed E-state index contributed by atoms with van der Waals surface area (Å²) < 4.78 is 23.3. The van der Waals surface area contributed by atoms with Crippen LogP contribution in [0.5, 0.6) is 0 Å². The average molecular weight is 1640 g/mol. The van der Waals surface area contributed by atoms with Crippen LogP contribution in [0, 0.1) is 6.92 Å². The first-order valence-electron chi connectivity index (χ1n) is 43.8. The zero-order valence-corrected chi connectivity index (χ0v) is 70.0. The molecule has 0 aliphatic heterocycles. The lowest BCUT2D eigenvalue weighted by Crippen LogP contribution is -2.12. The van der Waals surface area contributed by atoms with Crippen LogP contribution in [0.15, 0.2) is 446 Å². The zero-order chi connectivity index (χ0) is 84.3. The quantitative estimate of drug-likeness (QED) is 0.102. The van der Waals surface area contributed by atoms with Crippen molar-refractivity contribution in [2.24, 2.45) is 0 Å². The third-order valence-corrected chi connectivity index (χ3v) is 26.5. The van der Waals surface area contributed by atoms with E-state index >= 15 is 0 Å². The van der Waals surface area contributed by atoms with Gasteiger partial charge in [-0.05, 0) is 240 Å². The van der Waals surface area contributed by atoms with Crippen LogP contribution in [0.2, 0.25) is 0 Å². The van der Waals surface area contributed by atoms with E-state index in [2.05, 4.69) is 476 Å². The number of para-hydroxylation sites is 10. The summed E-state index contributed by atoms with van der Waals surface area (Å²) in [5.41, 5.74) is 29.3. The van der Waals surface area contributed by atoms with Gasteiger partial charge in [-0.15, -0.1) is 0 Å². The third-order valence-electron chi connectivity index (χ3n) is 26.5. The van der Waals surface area contributed by atoms with Crippen LogP contribution in [0.1, 0.15) is 5.56 Å². The molecule has 0 aliphatic rings. The molecule has 0 unspecified atom stereocenters. The minimum absolute atomic E-state index is 0.844. The predicted octanol–water partition coefficient (Wildman–Crippen LogP) is 32.7. The Morgan fingerprint density at radius 3 is 0.844 bits per heavy atom. The molecule has 0 radical (unpaired) electrons. The molecule has 0 saturated carbocycles. The van der Waals surface area contributed by atoms with E-state index in [-0.39, 0.29) is 0 Å². The molecule has 0 amide bonds. The van der Waals surface area contributed by atoms with Gasteiger partial charge in [0.2, 0.25) is 0 Å². The number of fused-ring (bicyclic) bond motifs is 24. The first kappa shape index (κ1) is 72.5. The average Bonchev–Trinajstić information content (AvgIpc) is 1.55. The van der Waals surface area contributed by atoms with Crippen molar-refractivity contribution in [2.45, 2.75) is 6.92 Å². The molecule has 602 valence electrons. The number of nitrogens with zero attached hydrogens (tertiary/aromatic N) is 8. The Labute approximate surface area is 736 Å². The summed E-state index contributed by atoms with van der Waals surface area (Å²) >= 11 is 0. The molecule has 10 heteroatoms. The van der Waals surface area contributed by atoms with Gasteiger partial charge in [-0.2, -0.15) is 0 Å². The van der Waals surface area contributed by atoms with Gasteiger partial charge in [0, 0.05) is 146 Å². The lowest BCUT2D eigenvalue weighted by Gasteiger charge is -2.28. The van der Waals surface area contributed by atoms with Crippen LogP contribution in [-0.4, -0.2) is 25.3 Å². The van der Waals surface area contributed by atoms with E-state index in [1.165, 1.54) is 59.4 Å². The molecule has 20 aromatic carbocycles. The third kappa shape index (κ3) is 11.2. The molecule has 26 rings (SSSR count). The highest BCUT2D eigenvalue weighted by molar-refractivity contribution is 6.32. The normalized spacial score (nSPS) is 12.0. The molecule has 128 heavy (non-hydrogen) atoms. The molecule has 6 aromatic heterocycles. The maximum Gasteiger partial charge on any atom is 0.159 e. The van der Waals surface area contributed by atoms with Crippen LogP contribution < -0.4 is 19.6 Å². The number of aromatic nitrogens is 4. The lowest BCUT2D eigenvalue weighted by atomic mass is 9.99. The van der Waals surface area contributed by atoms with E-state index < -0.39 is 0 Å². The van der Waals surface area contributed by atoms with Gasteiger partial charge in [0.15, 0.2) is 11.2 Å². The van der Waals surface area contributed by atoms with Gasteiger partial charge in [-0.25, -0.2) is 0 Å². The van der Waals surface area contributed by atoms with E-state index in [1.807, 2.05) is 12.1 Å². The van der Waals surface area contributed by atoms with E-state index in [0.29, 0.717) is 0 Å². The summed E-state index contributed by atoms with van der Waals surface area (Å²) in [5, 5.41) is 18.6. The molecule has 0 saturated heterocycles. The summed E-state index contributed by atoms with van der Waals surface area (Å²) in [6, 6.07) is 159. The fraction of sp³-hybridized carbons (Fsp3) is 0.0169. The molecular weight excluding hydrogens is 1560 g/mol. The first-order chi connectivity index (χ1) is 63.3. The SMILES string of the molecule is Cc1cccc(N(c2ccc3c4c5ccc6c(c5ccc4n(-c4ccccc4)c3c2)c2ccc(N(c3ccccc3)c3ccc(N(c4ccccc4)c4ccc5c7c8ccc9c(c8ccc7n(-c7ccccc7)c5c4)c4ccc(N(C)c5cccc7c5oc5ccccc57)cc4n9-c4ccccc4)cc3)cc2n6-c2ccccc2)c2cccc3c2oc2ccccc23)c1. The van der Waals surface area contributed by atoms with Crippen LogP contribution >= 0.6 is 0 Å². The molecule has 0 aliphatic carbocycles. The number of furan rings is 2. The van der Waals surface area contributed by atoms with Crippen molar-refractivity contribution in [1.29, 1.82) is 0 Å². The van der Waals surface area contributed by atoms with Gasteiger partial charge in [-0.1, -0.05) is 231 Å². The molecule has 10 nitrogen and oxygen atoms in total. The summed E-state index contributed by atoms with van der Waals surface area (Å²) in [4.78, 5) is 9.43. The van der Waals surface area contributed by atoms with E-state index in [4.69, 9.17) is 8.83 Å². The van der Waals surface area contributed by atoms with Crippen molar-refractivity contribution in [2.75, 3.05) is 26.6 Å². The molecular formula is C118H78N8O2. The van der Waals surface area contributed by atoms with Crippen molar-refractivity contribution in [1.82, 2.24) is 18.3 Å². The van der Waals surface area contributed by atoms with Gasteiger partial charge >= 0.3 is 0 Å². The van der Waals surface area contributed by atoms with Gasteiger partial charge < -0.3 is 46.7 Å². The van der Waals surface area contributed by atoms with E-state index in [9.17, 15) is 0 Å². The Kier molecular flexibility index (Phi) is 16.3. The summed E-state index contributed by atoms with van der Waals surface area (Å²) in [7, 11) is 2.15. The number of hydrogen-bond donors (Lipinski definition) is 0. The van der Waals surface area contributed by atoms with Crippen molar-refractivity contribution in [3.05, 3.63) is 442 Å². The van der Waals surface area contributed by atoms with Crippen molar-refractivity contribution in [3.8, 4) is 22.7 Å². The molecule has 6 heterocycles. The Hall–Kier alpha value is -17.1. The summed E-state index contributed by atoms with van der Waals surface area (Å²) in [6.45, 7) is 2.16. The highest BCUT2D eigenvalue weighted by atomic mass is 16.3. The maximum absolute atomic E-state index is 6.82. The van der Waals surface area contributed by atoms with E-state index in [1.54, 1.807) is 0 Å². The molecule has 0 atom stereocenters. The second-order valence-corrected chi connectivity index (χ2v) is 33.6. The second-order valence-electron chi connectivity index (χ2n) is 33.6. The zero-order valence-electron chi connectivity index (χ0n) is 70.0. The van der Waals surface area contributed by atoms with Crippen LogP contribution in [0.3, 0.4) is 0 Å². The summed E-state index contributed by atoms with van der Waals surface area (Å²) in [5.74, 6) is 0. The first-order valence-corrected chi connectivity index (χ1v) is 43.8. The largest absolute Gasteiger partial charge is 0.454 e. The Balaban J connectivity index is 0.604. The number of aryl methyl sites for hydroxylation is 1. The van der Waals surface area contributed by atoms with Gasteiger partial charge in [0.25, 0.3) is 0 Å². The summed E-state index contributed by atoms with van der Waals surface area (Å²) in [6.07, 6.45) is 0. The lowest BCUT2D eigenvalue weighted by molar-refractivity contribution is 0.668. The van der Waals surface area contributed by atoms with Crippen LogP contribution in [-0.2, 0) is 0 Å². The fourth-order valence-corrected chi connectivity index (χ4v) is 20.9. The second kappa shape index (κ2) is 28.8. The monoisotopic (exact) mass is 1640 g/mol. The van der Waals surface area contributed by atoms with Crippen molar-refractivity contribution >= 4 is 215 Å². The topological polar surface area (TPSA) is 59.0 Å². The van der Waals surface area contributed by atoms with Gasteiger partial charge in [0.05, 0.1) is 55.5 Å². The smallest absolute Gasteiger partial charge is 0.159 e. The molecule has 26 aromatic rings. The fourth-order valence-electron chi connectivity index (χ4n) is 20.9. The Morgan fingerprint density at radius 1 is 0.188 bits per heavy atom. The maximum atomic E-state index is 6.82. The molecule has 0 bridgehead atoms. The Bertz CT molecular complexity index is 8980. The van der Waals surface area contributed by atoms with E-state index in [0.717, 1.165) is 184 Å². The van der Waals surface area contributed by atoms with Crippen molar-refractivity contribution < 1.29 is 8.83 Å². The standard InChI is InChI=1S/C118H78N8O2/c1-75-28-25-41-85(70-75)122(106-47-27-45-96-90-43-22-24-49-112(90)128-118(96)106)88-57-61-100-110(74-88)126(81-39-19-8-20-40-81)104-69-65-93-94(116(100)104)64-68-103-115(93)99-60-56-87(73-109(99)125(103)80-37-17-7-18-38-80)121(77-31-11-4-12-32-77)83-52-50-82(51-53-83)120(76-29-9-3-10-30-76)86-55-59-98-108(72-86)124(79-35-15-6-16-36-79)102-67-63-91-92(114(98)102)62-66-101-113(91)97-58-54-84(71-107(97)123(101)78-33-13-5-14-34-78)119(2)105-46-26-44-95-89-42-21-23-48-111(89)127-117(95)105/h3-74H,1-2H3. The number of rotatable bonds is 15. The number of hydrogen-bond acceptors (Lipinski definition) is 6. The number of anilines is 11. The van der Waals surface area contributed by atoms with Crippen LogP contribution in [0.4, 0.5) is 62.6 Å². The van der Waals surface area contributed by atoms with Gasteiger partial charge in [-0.3, -0.25) is 0 Å². The highest BCUT2D eigenvalue weighted by Crippen LogP contribution is 2.52. The Morgan fingerprint density at radius 2 is 0.461 bits per heavy atom. The molecule has 0 N–H and O–H groups in total. The number of benzene rings is 20. The van der Waals surface area contributed by atoms with Gasteiger partial charge in [0.1, 0.15) is 11.2 Å². The molecule has 0 fully saturated rings. The predicted molar refractivity (Wildman–Crippen MR) is 537 cm³/mol. The minimum atomic E-state index is 0.844. The highest BCUT2D eigenvalue weighted by Gasteiger charge is 2.29. The van der Waals surface area contributed by atoms with Crippen LogP contribution in [0.25, 0.3) is 175 Å². The van der Waals surface area contributed by atoms with Crippen molar-refractivity contribution in [3.63, 3.8) is 0 Å².